The van der Waals surface area contributed by atoms with Crippen LogP contribution >= 0.6 is 0 Å². The molecular weight excluding hydrogens is 965 g/mol. The normalized spacial score (nSPS) is 14.1. The molecule has 0 fully saturated rings. The van der Waals surface area contributed by atoms with E-state index in [9.17, 15) is 0 Å². The molecule has 0 N–H and O–H groups in total. The van der Waals surface area contributed by atoms with Crippen molar-refractivity contribution in [1.29, 1.82) is 0 Å². The number of aromatic nitrogens is 2. The SMILES string of the molecule is [2H]c1c([2H])c([2H])c(-c2cccc(-c3c([2H])c([2H])c([2H])c([2H])c3[2H])c2N2CN(c3cccc(Oc4ccc5c6cc(C(C)(C)C)ccc6n(-c6cc(Oc7c(-c8ccccc8)c(C)c(C)c(C)c7-c7ccccc7)ccn6)c5c4)c3)c3ccccc32)c([2H])c1[2H]. The topological polar surface area (TPSA) is 42.8 Å². The van der Waals surface area contributed by atoms with Gasteiger partial charge < -0.3 is 19.3 Å². The van der Waals surface area contributed by atoms with E-state index in [1.807, 2.05) is 94.7 Å². The van der Waals surface area contributed by atoms with Crippen LogP contribution < -0.4 is 19.3 Å². The van der Waals surface area contributed by atoms with Gasteiger partial charge in [0, 0.05) is 63.1 Å². The fourth-order valence-corrected chi connectivity index (χ4v) is 11.1. The van der Waals surface area contributed by atoms with Crippen molar-refractivity contribution >= 4 is 44.6 Å². The van der Waals surface area contributed by atoms with Gasteiger partial charge in [-0.15, -0.1) is 0 Å². The van der Waals surface area contributed by atoms with Gasteiger partial charge in [-0.2, -0.15) is 0 Å². The quantitative estimate of drug-likeness (QED) is 0.129. The molecule has 0 unspecified atom stereocenters. The zero-order valence-corrected chi connectivity index (χ0v) is 44.6. The Kier molecular flexibility index (Phi) is 9.85. The highest BCUT2D eigenvalue weighted by Gasteiger charge is 2.32. The van der Waals surface area contributed by atoms with E-state index in [2.05, 4.69) is 119 Å². The summed E-state index contributed by atoms with van der Waals surface area (Å²) in [4.78, 5) is 9.00. The van der Waals surface area contributed by atoms with Crippen LogP contribution in [0.3, 0.4) is 0 Å². The van der Waals surface area contributed by atoms with E-state index in [0.717, 1.165) is 72.3 Å². The highest BCUT2D eigenvalue weighted by Crippen LogP contribution is 2.51. The lowest BCUT2D eigenvalue weighted by Gasteiger charge is -2.27. The van der Waals surface area contributed by atoms with Crippen molar-refractivity contribution in [2.24, 2.45) is 0 Å². The van der Waals surface area contributed by atoms with E-state index in [1.54, 1.807) is 24.4 Å². The van der Waals surface area contributed by atoms with Crippen LogP contribution in [-0.4, -0.2) is 16.2 Å². The van der Waals surface area contributed by atoms with Crippen LogP contribution in [0.5, 0.6) is 23.0 Å². The summed E-state index contributed by atoms with van der Waals surface area (Å²) in [6, 6.07) is 52.5. The average molecular weight is 1040 g/mol. The number of benzene rings is 10. The van der Waals surface area contributed by atoms with E-state index in [0.29, 0.717) is 28.8 Å². The van der Waals surface area contributed by atoms with E-state index < -0.39 is 60.4 Å². The second kappa shape index (κ2) is 20.1. The highest BCUT2D eigenvalue weighted by molar-refractivity contribution is 6.10. The monoisotopic (exact) mass is 1030 g/mol. The lowest BCUT2D eigenvalue weighted by atomic mass is 9.86. The third kappa shape index (κ3) is 8.95. The molecule has 3 heterocycles. The number of hydrogen-bond acceptors (Lipinski definition) is 5. The Hall–Kier alpha value is -9.65. The molecule has 0 amide bonds. The Morgan fingerprint density at radius 3 is 1.68 bits per heavy atom. The molecule has 13 rings (SSSR count). The zero-order chi connectivity index (χ0) is 62.5. The Bertz CT molecular complexity index is 4660. The predicted molar refractivity (Wildman–Crippen MR) is 328 cm³/mol. The summed E-state index contributed by atoms with van der Waals surface area (Å²) in [6.07, 6.45) is 1.79. The van der Waals surface area contributed by atoms with Crippen molar-refractivity contribution in [1.82, 2.24) is 9.55 Å². The predicted octanol–water partition coefficient (Wildman–Crippen LogP) is 19.9. The maximum Gasteiger partial charge on any atom is 0.143 e. The van der Waals surface area contributed by atoms with Crippen LogP contribution in [0.25, 0.3) is 72.1 Å². The molecular formula is C73H60N4O2. The van der Waals surface area contributed by atoms with E-state index in [-0.39, 0.29) is 40.0 Å². The van der Waals surface area contributed by atoms with Crippen LogP contribution in [0, 0.1) is 20.8 Å². The van der Waals surface area contributed by atoms with Crippen LogP contribution in [0.15, 0.2) is 243 Å². The molecule has 0 spiro atoms. The number of pyridine rings is 1. The van der Waals surface area contributed by atoms with Gasteiger partial charge in [-0.1, -0.05) is 184 Å². The molecule has 2 aromatic heterocycles. The van der Waals surface area contributed by atoms with Crippen molar-refractivity contribution < 1.29 is 23.2 Å². The summed E-state index contributed by atoms with van der Waals surface area (Å²) in [5.41, 5.74) is 13.1. The number of ether oxygens (including phenoxy) is 2. The number of para-hydroxylation sites is 3. The first-order valence-corrected chi connectivity index (χ1v) is 26.4. The largest absolute Gasteiger partial charge is 0.457 e. The third-order valence-electron chi connectivity index (χ3n) is 15.2. The van der Waals surface area contributed by atoms with E-state index in [4.69, 9.17) is 28.2 Å². The third-order valence-corrected chi connectivity index (χ3v) is 15.2. The average Bonchev–Trinajstić information content (AvgIpc) is 1.77. The smallest absolute Gasteiger partial charge is 0.143 e. The molecule has 10 aromatic carbocycles. The summed E-state index contributed by atoms with van der Waals surface area (Å²) < 4.78 is 104. The Morgan fingerprint density at radius 2 is 1.05 bits per heavy atom. The molecule has 0 bridgehead atoms. The molecule has 6 nitrogen and oxygen atoms in total. The summed E-state index contributed by atoms with van der Waals surface area (Å²) >= 11 is 0. The molecule has 384 valence electrons. The second-order valence-corrected chi connectivity index (χ2v) is 20.9. The molecule has 1 aliphatic rings. The van der Waals surface area contributed by atoms with Gasteiger partial charge in [0.1, 0.15) is 35.5 Å². The summed E-state index contributed by atoms with van der Waals surface area (Å²) in [6.45, 7) is 13.2. The van der Waals surface area contributed by atoms with E-state index in [1.165, 1.54) is 11.1 Å². The lowest BCUT2D eigenvalue weighted by molar-refractivity contribution is 0.483. The summed E-state index contributed by atoms with van der Waals surface area (Å²) in [7, 11) is 0. The molecule has 12 aromatic rings. The van der Waals surface area contributed by atoms with Crippen molar-refractivity contribution in [3.05, 3.63) is 265 Å². The molecule has 0 aliphatic carbocycles. The fourth-order valence-electron chi connectivity index (χ4n) is 11.1. The Morgan fingerprint density at radius 1 is 0.468 bits per heavy atom. The van der Waals surface area contributed by atoms with Crippen molar-refractivity contribution in [3.63, 3.8) is 0 Å². The van der Waals surface area contributed by atoms with Gasteiger partial charge in [-0.25, -0.2) is 4.98 Å². The highest BCUT2D eigenvalue weighted by atomic mass is 16.5. The molecule has 0 radical (unpaired) electrons. The standard InChI is InChI=1S/C73H60N4O2/c1-48-49(2)69(53-27-15-9-16-28-53)72(70(50(48)3)54-29-17-10-18-30-54)79-59-41-42-74-68(46-59)77-64-40-37-55(73(4,5)6)43-63(64)62-39-38-58(45-67(62)77)78-57-32-21-31-56(44-57)75-47-76(66-36-20-19-35-65(66)75)71-60(51-23-11-7-12-24-51)33-22-34-61(71)52-25-13-8-14-26-52/h7-46H,47H2,1-6H3/i7D,8D,11D,12D,13D,14D,23D,24D,25D,26D. The molecule has 0 atom stereocenters. The summed E-state index contributed by atoms with van der Waals surface area (Å²) in [5, 5.41) is 2.06. The van der Waals surface area contributed by atoms with Crippen molar-refractivity contribution in [3.8, 4) is 73.3 Å². The van der Waals surface area contributed by atoms with Gasteiger partial charge in [0.25, 0.3) is 0 Å². The minimum absolute atomic E-state index is 0.0901. The van der Waals surface area contributed by atoms with Gasteiger partial charge in [-0.3, -0.25) is 4.57 Å². The lowest BCUT2D eigenvalue weighted by Crippen LogP contribution is -2.24. The minimum Gasteiger partial charge on any atom is -0.457 e. The number of anilines is 4. The van der Waals surface area contributed by atoms with Crippen LogP contribution in [0.1, 0.15) is 56.7 Å². The van der Waals surface area contributed by atoms with E-state index >= 15 is 0 Å². The maximum absolute atomic E-state index is 9.13. The first-order chi connectivity index (χ1) is 42.7. The van der Waals surface area contributed by atoms with Crippen molar-refractivity contribution in [2.45, 2.75) is 47.0 Å². The van der Waals surface area contributed by atoms with Gasteiger partial charge in [0.15, 0.2) is 0 Å². The van der Waals surface area contributed by atoms with Crippen molar-refractivity contribution in [2.75, 3.05) is 16.5 Å². The van der Waals surface area contributed by atoms with Crippen LogP contribution in [0.4, 0.5) is 22.7 Å². The molecule has 0 saturated carbocycles. The zero-order valence-electron chi connectivity index (χ0n) is 54.6. The van der Waals surface area contributed by atoms with Gasteiger partial charge in [0.05, 0.1) is 41.8 Å². The van der Waals surface area contributed by atoms with Crippen LogP contribution in [-0.2, 0) is 5.41 Å². The first-order valence-electron chi connectivity index (χ1n) is 31.4. The second-order valence-electron chi connectivity index (χ2n) is 20.9. The maximum atomic E-state index is 9.13. The number of nitrogens with zero attached hydrogens (tertiary/aromatic N) is 4. The minimum atomic E-state index is -0.559. The Labute approximate surface area is 477 Å². The number of rotatable bonds is 11. The van der Waals surface area contributed by atoms with Crippen LogP contribution in [0.2, 0.25) is 0 Å². The summed E-state index contributed by atoms with van der Waals surface area (Å²) in [5.74, 6) is 3.11. The van der Waals surface area contributed by atoms with Gasteiger partial charge >= 0.3 is 0 Å². The van der Waals surface area contributed by atoms with Gasteiger partial charge in [0.2, 0.25) is 0 Å². The number of fused-ring (bicyclic) bond motifs is 4. The Balaban J connectivity index is 0.911. The first kappa shape index (κ1) is 38.8. The fraction of sp³-hybridized carbons (Fsp3) is 0.110. The molecule has 1 aliphatic heterocycles. The van der Waals surface area contributed by atoms with Gasteiger partial charge in [-0.05, 0) is 125 Å². The molecule has 0 saturated heterocycles. The number of hydrogen-bond donors (Lipinski definition) is 0. The molecule has 79 heavy (non-hydrogen) atoms. The molecule has 6 heteroatoms.